The van der Waals surface area contributed by atoms with Crippen molar-refractivity contribution in [2.45, 2.75) is 26.9 Å². The van der Waals surface area contributed by atoms with Crippen LogP contribution in [0.3, 0.4) is 0 Å². The van der Waals surface area contributed by atoms with E-state index in [1.807, 2.05) is 18.2 Å². The third kappa shape index (κ3) is 3.88. The van der Waals surface area contributed by atoms with Crippen LogP contribution >= 0.6 is 0 Å². The number of para-hydroxylation sites is 1. The van der Waals surface area contributed by atoms with E-state index in [9.17, 15) is 0 Å². The van der Waals surface area contributed by atoms with Gasteiger partial charge in [-0.05, 0) is 17.5 Å². The Kier molecular flexibility index (Phi) is 5.70. The molecule has 0 amide bonds. The largest absolute Gasteiger partial charge is 0.364 e. The SMILES string of the molecule is C=CCN(C)c1nc2c(NCc3ccccc3)nc3ccccc3c2n1CC(C)C. The molecule has 0 fully saturated rings. The highest BCUT2D eigenvalue weighted by molar-refractivity contribution is 6.07. The molecule has 5 nitrogen and oxygen atoms in total. The molecule has 4 aromatic rings. The van der Waals surface area contributed by atoms with Crippen molar-refractivity contribution in [1.29, 1.82) is 0 Å². The summed E-state index contributed by atoms with van der Waals surface area (Å²) >= 11 is 0. The third-order valence-electron chi connectivity index (χ3n) is 5.16. The Labute approximate surface area is 178 Å². The first-order valence-electron chi connectivity index (χ1n) is 10.5. The molecular formula is C25H29N5. The molecule has 2 aromatic carbocycles. The molecule has 0 saturated heterocycles. The Balaban J connectivity index is 1.91. The van der Waals surface area contributed by atoms with Crippen LogP contribution in [0.2, 0.25) is 0 Å². The molecule has 5 heteroatoms. The maximum atomic E-state index is 5.06. The lowest BCUT2D eigenvalue weighted by molar-refractivity contribution is 0.532. The molecule has 0 unspecified atom stereocenters. The number of nitrogens with zero attached hydrogens (tertiary/aromatic N) is 4. The molecule has 4 rings (SSSR count). The molecule has 0 bridgehead atoms. The fourth-order valence-electron chi connectivity index (χ4n) is 3.83. The number of aromatic nitrogens is 3. The van der Waals surface area contributed by atoms with Crippen LogP contribution in [-0.4, -0.2) is 28.1 Å². The average molecular weight is 400 g/mol. The molecule has 2 aromatic heterocycles. The number of imidazole rings is 1. The van der Waals surface area contributed by atoms with Crippen LogP contribution in [0.5, 0.6) is 0 Å². The molecular weight excluding hydrogens is 370 g/mol. The van der Waals surface area contributed by atoms with Crippen LogP contribution in [0.15, 0.2) is 67.3 Å². The van der Waals surface area contributed by atoms with Gasteiger partial charge in [0, 0.05) is 32.1 Å². The molecule has 0 saturated carbocycles. The lowest BCUT2D eigenvalue weighted by Crippen LogP contribution is -2.22. The number of benzene rings is 2. The van der Waals surface area contributed by atoms with Crippen molar-refractivity contribution < 1.29 is 0 Å². The fraction of sp³-hybridized carbons (Fsp3) is 0.280. The predicted molar refractivity (Wildman–Crippen MR) is 127 cm³/mol. The van der Waals surface area contributed by atoms with E-state index in [2.05, 4.69) is 84.7 Å². The monoisotopic (exact) mass is 399 g/mol. The smallest absolute Gasteiger partial charge is 0.206 e. The Hall–Kier alpha value is -3.34. The second-order valence-corrected chi connectivity index (χ2v) is 8.10. The molecule has 0 aliphatic carbocycles. The fourth-order valence-corrected chi connectivity index (χ4v) is 3.83. The van der Waals surface area contributed by atoms with Crippen LogP contribution in [-0.2, 0) is 13.1 Å². The van der Waals surface area contributed by atoms with E-state index >= 15 is 0 Å². The van der Waals surface area contributed by atoms with E-state index in [0.717, 1.165) is 46.8 Å². The summed E-state index contributed by atoms with van der Waals surface area (Å²) in [5, 5.41) is 4.66. The van der Waals surface area contributed by atoms with Gasteiger partial charge in [-0.2, -0.15) is 0 Å². The zero-order chi connectivity index (χ0) is 21.1. The number of hydrogen-bond acceptors (Lipinski definition) is 4. The van der Waals surface area contributed by atoms with Crippen molar-refractivity contribution in [2.75, 3.05) is 23.8 Å². The number of nitrogens with one attached hydrogen (secondary N) is 1. The van der Waals surface area contributed by atoms with Gasteiger partial charge in [-0.25, -0.2) is 9.97 Å². The maximum Gasteiger partial charge on any atom is 0.206 e. The van der Waals surface area contributed by atoms with Gasteiger partial charge in [0.2, 0.25) is 5.95 Å². The van der Waals surface area contributed by atoms with Crippen molar-refractivity contribution in [3.63, 3.8) is 0 Å². The van der Waals surface area contributed by atoms with E-state index in [0.29, 0.717) is 12.5 Å². The minimum absolute atomic E-state index is 0.492. The quantitative estimate of drug-likeness (QED) is 0.399. The Morgan fingerprint density at radius 2 is 1.80 bits per heavy atom. The van der Waals surface area contributed by atoms with Crippen molar-refractivity contribution in [3.05, 3.63) is 72.8 Å². The first-order chi connectivity index (χ1) is 14.6. The normalized spacial score (nSPS) is 11.3. The summed E-state index contributed by atoms with van der Waals surface area (Å²) in [7, 11) is 2.06. The van der Waals surface area contributed by atoms with Gasteiger partial charge in [-0.1, -0.05) is 68.5 Å². The second-order valence-electron chi connectivity index (χ2n) is 8.10. The van der Waals surface area contributed by atoms with Gasteiger partial charge in [0.15, 0.2) is 5.82 Å². The lowest BCUT2D eigenvalue weighted by atomic mass is 10.1. The molecule has 0 aliphatic heterocycles. The van der Waals surface area contributed by atoms with E-state index in [1.54, 1.807) is 0 Å². The first kappa shape index (κ1) is 20.0. The van der Waals surface area contributed by atoms with Crippen LogP contribution in [0, 0.1) is 5.92 Å². The summed E-state index contributed by atoms with van der Waals surface area (Å²) in [6.45, 7) is 10.7. The van der Waals surface area contributed by atoms with Gasteiger partial charge in [0.1, 0.15) is 5.52 Å². The molecule has 0 spiro atoms. The second kappa shape index (κ2) is 8.57. The first-order valence-corrected chi connectivity index (χ1v) is 10.5. The third-order valence-corrected chi connectivity index (χ3v) is 5.16. The lowest BCUT2D eigenvalue weighted by Gasteiger charge is -2.19. The van der Waals surface area contributed by atoms with Crippen LogP contribution < -0.4 is 10.2 Å². The Bertz CT molecular complexity index is 1160. The summed E-state index contributed by atoms with van der Waals surface area (Å²) in [5.41, 5.74) is 4.24. The molecule has 2 heterocycles. The number of pyridine rings is 1. The summed E-state index contributed by atoms with van der Waals surface area (Å²) in [6.07, 6.45) is 1.91. The van der Waals surface area contributed by atoms with E-state index in [4.69, 9.17) is 9.97 Å². The average Bonchev–Trinajstić information content (AvgIpc) is 3.12. The van der Waals surface area contributed by atoms with Gasteiger partial charge in [0.05, 0.1) is 11.0 Å². The van der Waals surface area contributed by atoms with E-state index in [1.165, 1.54) is 5.56 Å². The highest BCUT2D eigenvalue weighted by atomic mass is 15.3. The number of rotatable bonds is 8. The molecule has 1 N–H and O–H groups in total. The molecule has 30 heavy (non-hydrogen) atoms. The summed E-state index contributed by atoms with van der Waals surface area (Å²) in [5.74, 6) is 2.26. The van der Waals surface area contributed by atoms with Gasteiger partial charge < -0.3 is 14.8 Å². The van der Waals surface area contributed by atoms with Crippen molar-refractivity contribution >= 4 is 33.7 Å². The van der Waals surface area contributed by atoms with Gasteiger partial charge in [-0.15, -0.1) is 6.58 Å². The van der Waals surface area contributed by atoms with Crippen molar-refractivity contribution in [3.8, 4) is 0 Å². The summed E-state index contributed by atoms with van der Waals surface area (Å²) < 4.78 is 2.33. The number of anilines is 2. The number of likely N-dealkylation sites (N-methyl/N-ethyl adjacent to an activating group) is 1. The molecule has 154 valence electrons. The highest BCUT2D eigenvalue weighted by Gasteiger charge is 2.20. The summed E-state index contributed by atoms with van der Waals surface area (Å²) in [6, 6.07) is 18.7. The van der Waals surface area contributed by atoms with Gasteiger partial charge in [-0.3, -0.25) is 0 Å². The predicted octanol–water partition coefficient (Wildman–Crippen LogP) is 5.47. The molecule has 0 radical (unpaired) electrons. The van der Waals surface area contributed by atoms with Crippen LogP contribution in [0.4, 0.5) is 11.8 Å². The van der Waals surface area contributed by atoms with Crippen molar-refractivity contribution in [1.82, 2.24) is 14.5 Å². The van der Waals surface area contributed by atoms with Gasteiger partial charge >= 0.3 is 0 Å². The van der Waals surface area contributed by atoms with Crippen LogP contribution in [0.25, 0.3) is 21.9 Å². The minimum Gasteiger partial charge on any atom is -0.364 e. The van der Waals surface area contributed by atoms with E-state index in [-0.39, 0.29) is 0 Å². The topological polar surface area (TPSA) is 46.0 Å². The van der Waals surface area contributed by atoms with Crippen LogP contribution in [0.1, 0.15) is 19.4 Å². The minimum atomic E-state index is 0.492. The standard InChI is InChI=1S/C25H29N5/c1-5-15-29(4)25-28-22-23(30(25)17-18(2)3)20-13-9-10-14-21(20)27-24(22)26-16-19-11-7-6-8-12-19/h5-14,18H,1,15-17H2,2-4H3,(H,26,27). The molecule has 0 atom stereocenters. The zero-order valence-corrected chi connectivity index (χ0v) is 18.0. The zero-order valence-electron chi connectivity index (χ0n) is 18.0. The maximum absolute atomic E-state index is 5.06. The van der Waals surface area contributed by atoms with Gasteiger partial charge in [0.25, 0.3) is 0 Å². The highest BCUT2D eigenvalue weighted by Crippen LogP contribution is 2.33. The summed E-state index contributed by atoms with van der Waals surface area (Å²) in [4.78, 5) is 12.1. The molecule has 0 aliphatic rings. The van der Waals surface area contributed by atoms with E-state index < -0.39 is 0 Å². The number of fused-ring (bicyclic) bond motifs is 3. The Morgan fingerprint density at radius 1 is 1.07 bits per heavy atom. The van der Waals surface area contributed by atoms with Crippen molar-refractivity contribution in [2.24, 2.45) is 5.92 Å². The Morgan fingerprint density at radius 3 is 2.53 bits per heavy atom. The number of hydrogen-bond donors (Lipinski definition) is 1.